The number of fused-ring (bicyclic) bond motifs is 1. The van der Waals surface area contributed by atoms with Crippen LogP contribution in [-0.4, -0.2) is 19.9 Å². The molecule has 3 aromatic rings. The number of aromatic nitrogens is 4. The molecule has 3 rings (SSSR count). The molecule has 0 saturated carbocycles. The largest absolute Gasteiger partial charge is 0.382 e. The fourth-order valence-electron chi connectivity index (χ4n) is 1.67. The van der Waals surface area contributed by atoms with Gasteiger partial charge in [0.2, 0.25) is 5.95 Å². The molecule has 1 aromatic carbocycles. The SMILES string of the molecule is Nc1nc(N)c2nc(Sc3ccc(F)cc3)c(N)nc2n1. The fourth-order valence-corrected chi connectivity index (χ4v) is 2.46. The summed E-state index contributed by atoms with van der Waals surface area (Å²) in [5.41, 5.74) is 17.7. The molecule has 0 aliphatic rings. The third-order valence-corrected chi connectivity index (χ3v) is 3.60. The Balaban J connectivity index is 2.06. The number of nitrogens with zero attached hydrogens (tertiary/aromatic N) is 4. The van der Waals surface area contributed by atoms with Gasteiger partial charge in [0.25, 0.3) is 0 Å². The first kappa shape index (κ1) is 13.3. The van der Waals surface area contributed by atoms with Gasteiger partial charge < -0.3 is 17.2 Å². The molecule has 6 N–H and O–H groups in total. The van der Waals surface area contributed by atoms with E-state index in [4.69, 9.17) is 17.2 Å². The smallest absolute Gasteiger partial charge is 0.224 e. The van der Waals surface area contributed by atoms with E-state index in [0.717, 1.165) is 4.90 Å². The highest BCUT2D eigenvalue weighted by atomic mass is 32.2. The first-order chi connectivity index (χ1) is 10.0. The van der Waals surface area contributed by atoms with E-state index < -0.39 is 0 Å². The van der Waals surface area contributed by atoms with E-state index in [9.17, 15) is 4.39 Å². The Morgan fingerprint density at radius 1 is 0.857 bits per heavy atom. The van der Waals surface area contributed by atoms with E-state index in [1.54, 1.807) is 12.1 Å². The van der Waals surface area contributed by atoms with Gasteiger partial charge in [0, 0.05) is 4.90 Å². The van der Waals surface area contributed by atoms with E-state index in [1.807, 2.05) is 0 Å². The lowest BCUT2D eigenvalue weighted by molar-refractivity contribution is 0.626. The van der Waals surface area contributed by atoms with Crippen molar-refractivity contribution in [3.8, 4) is 0 Å². The van der Waals surface area contributed by atoms with Crippen molar-refractivity contribution in [1.82, 2.24) is 19.9 Å². The summed E-state index contributed by atoms with van der Waals surface area (Å²) in [5.74, 6) is 0.0120. The third-order valence-electron chi connectivity index (χ3n) is 2.60. The van der Waals surface area contributed by atoms with Crippen molar-refractivity contribution >= 4 is 40.5 Å². The van der Waals surface area contributed by atoms with E-state index in [0.29, 0.717) is 10.5 Å². The number of nitrogens with two attached hydrogens (primary N) is 3. The zero-order valence-electron chi connectivity index (χ0n) is 10.6. The van der Waals surface area contributed by atoms with Crippen molar-refractivity contribution in [3.63, 3.8) is 0 Å². The summed E-state index contributed by atoms with van der Waals surface area (Å²) in [6.07, 6.45) is 0. The standard InChI is InChI=1S/C12H10FN7S/c13-5-1-3-6(4-2-5)21-11-9(15)18-10-7(17-11)8(14)19-12(16)20-10/h1-4H,(H6,14,15,16,18,19,20). The van der Waals surface area contributed by atoms with Crippen LogP contribution in [0.3, 0.4) is 0 Å². The van der Waals surface area contributed by atoms with Gasteiger partial charge in [-0.15, -0.1) is 0 Å². The summed E-state index contributed by atoms with van der Waals surface area (Å²) in [7, 11) is 0. The molecule has 0 saturated heterocycles. The highest BCUT2D eigenvalue weighted by Crippen LogP contribution is 2.31. The van der Waals surface area contributed by atoms with Crippen LogP contribution in [0.15, 0.2) is 34.2 Å². The maximum Gasteiger partial charge on any atom is 0.224 e. The van der Waals surface area contributed by atoms with Crippen LogP contribution in [0.25, 0.3) is 11.2 Å². The minimum Gasteiger partial charge on any atom is -0.382 e. The van der Waals surface area contributed by atoms with Crippen LogP contribution >= 0.6 is 11.8 Å². The molecule has 0 aliphatic carbocycles. The molecular weight excluding hydrogens is 293 g/mol. The molecule has 0 spiro atoms. The molecule has 0 aliphatic heterocycles. The Bertz CT molecular complexity index is 822. The second-order valence-electron chi connectivity index (χ2n) is 4.11. The lowest BCUT2D eigenvalue weighted by Gasteiger charge is -2.07. The quantitative estimate of drug-likeness (QED) is 0.648. The Kier molecular flexibility index (Phi) is 3.18. The molecule has 0 atom stereocenters. The molecule has 0 amide bonds. The number of rotatable bonds is 2. The Morgan fingerprint density at radius 3 is 2.29 bits per heavy atom. The average molecular weight is 303 g/mol. The van der Waals surface area contributed by atoms with Gasteiger partial charge in [0.1, 0.15) is 10.8 Å². The molecule has 0 fully saturated rings. The van der Waals surface area contributed by atoms with Gasteiger partial charge in [-0.1, -0.05) is 11.8 Å². The first-order valence-electron chi connectivity index (χ1n) is 5.82. The van der Waals surface area contributed by atoms with Crippen LogP contribution in [-0.2, 0) is 0 Å². The summed E-state index contributed by atoms with van der Waals surface area (Å²) < 4.78 is 12.9. The zero-order chi connectivity index (χ0) is 15.0. The van der Waals surface area contributed by atoms with Gasteiger partial charge in [-0.3, -0.25) is 0 Å². The molecule has 7 nitrogen and oxygen atoms in total. The Hall–Kier alpha value is -2.68. The number of benzene rings is 1. The molecule has 21 heavy (non-hydrogen) atoms. The summed E-state index contributed by atoms with van der Waals surface area (Å²) in [4.78, 5) is 17.0. The summed E-state index contributed by atoms with van der Waals surface area (Å²) in [5, 5.41) is 0.439. The summed E-state index contributed by atoms with van der Waals surface area (Å²) in [6, 6.07) is 5.94. The van der Waals surface area contributed by atoms with Gasteiger partial charge in [0.05, 0.1) is 0 Å². The van der Waals surface area contributed by atoms with Gasteiger partial charge >= 0.3 is 0 Å². The Morgan fingerprint density at radius 2 is 1.57 bits per heavy atom. The lowest BCUT2D eigenvalue weighted by Crippen LogP contribution is -2.05. The molecular formula is C12H10FN7S. The summed E-state index contributed by atoms with van der Waals surface area (Å²) in [6.45, 7) is 0. The fraction of sp³-hybridized carbons (Fsp3) is 0. The van der Waals surface area contributed by atoms with E-state index in [1.165, 1.54) is 23.9 Å². The highest BCUT2D eigenvalue weighted by Gasteiger charge is 2.12. The number of hydrogen-bond acceptors (Lipinski definition) is 8. The van der Waals surface area contributed by atoms with Crippen LogP contribution in [0.1, 0.15) is 0 Å². The minimum atomic E-state index is -0.315. The minimum absolute atomic E-state index is 0.00707. The predicted molar refractivity (Wildman–Crippen MR) is 78.9 cm³/mol. The third kappa shape index (κ3) is 2.63. The first-order valence-corrected chi connectivity index (χ1v) is 6.64. The second-order valence-corrected chi connectivity index (χ2v) is 5.17. The van der Waals surface area contributed by atoms with Gasteiger partial charge in [-0.2, -0.15) is 9.97 Å². The Labute approximate surface area is 122 Å². The van der Waals surface area contributed by atoms with Crippen molar-refractivity contribution in [2.75, 3.05) is 17.2 Å². The maximum absolute atomic E-state index is 12.9. The highest BCUT2D eigenvalue weighted by molar-refractivity contribution is 7.99. The lowest BCUT2D eigenvalue weighted by atomic mass is 10.4. The van der Waals surface area contributed by atoms with Crippen molar-refractivity contribution in [3.05, 3.63) is 30.1 Å². The molecule has 9 heteroatoms. The zero-order valence-corrected chi connectivity index (χ0v) is 11.4. The van der Waals surface area contributed by atoms with Crippen LogP contribution < -0.4 is 17.2 Å². The van der Waals surface area contributed by atoms with Crippen LogP contribution in [0.5, 0.6) is 0 Å². The van der Waals surface area contributed by atoms with Gasteiger partial charge in [0.15, 0.2) is 22.8 Å². The van der Waals surface area contributed by atoms with Crippen molar-refractivity contribution in [2.24, 2.45) is 0 Å². The number of nitrogen functional groups attached to an aromatic ring is 3. The van der Waals surface area contributed by atoms with Crippen LogP contribution in [0, 0.1) is 5.82 Å². The number of anilines is 3. The topological polar surface area (TPSA) is 130 Å². The van der Waals surface area contributed by atoms with Crippen molar-refractivity contribution in [1.29, 1.82) is 0 Å². The van der Waals surface area contributed by atoms with E-state index in [2.05, 4.69) is 19.9 Å². The molecule has 2 aromatic heterocycles. The summed E-state index contributed by atoms with van der Waals surface area (Å²) >= 11 is 1.24. The molecule has 0 bridgehead atoms. The van der Waals surface area contributed by atoms with E-state index >= 15 is 0 Å². The van der Waals surface area contributed by atoms with Crippen molar-refractivity contribution < 1.29 is 4.39 Å². The molecule has 0 radical (unpaired) electrons. The monoisotopic (exact) mass is 303 g/mol. The second kappa shape index (κ2) is 5.02. The molecule has 2 heterocycles. The normalized spacial score (nSPS) is 10.9. The molecule has 106 valence electrons. The van der Waals surface area contributed by atoms with Crippen molar-refractivity contribution in [2.45, 2.75) is 9.92 Å². The number of halogens is 1. The average Bonchev–Trinajstić information content (AvgIpc) is 2.42. The molecule has 0 unspecified atom stereocenters. The predicted octanol–water partition coefficient (Wildman–Crippen LogP) is 1.46. The van der Waals surface area contributed by atoms with Crippen LogP contribution in [0.2, 0.25) is 0 Å². The van der Waals surface area contributed by atoms with Gasteiger partial charge in [-0.05, 0) is 24.3 Å². The number of hydrogen-bond donors (Lipinski definition) is 3. The van der Waals surface area contributed by atoms with Gasteiger partial charge in [-0.25, -0.2) is 14.4 Å². The van der Waals surface area contributed by atoms with Crippen LogP contribution in [0.4, 0.5) is 22.0 Å². The maximum atomic E-state index is 12.9. The van der Waals surface area contributed by atoms with E-state index in [-0.39, 0.29) is 29.0 Å².